The fraction of sp³-hybridized carbons (Fsp3) is 0.500. The minimum Gasteiger partial charge on any atom is -0.369 e. The van der Waals surface area contributed by atoms with Crippen molar-refractivity contribution in [2.45, 2.75) is 13.0 Å². The molecule has 104 valence electrons. The summed E-state index contributed by atoms with van der Waals surface area (Å²) in [6.45, 7) is 5.57. The molecule has 0 bridgehead atoms. The summed E-state index contributed by atoms with van der Waals surface area (Å²) in [5.74, 6) is 0.0798. The third-order valence-electron chi connectivity index (χ3n) is 3.66. The molecule has 1 fully saturated rings. The van der Waals surface area contributed by atoms with E-state index in [0.29, 0.717) is 0 Å². The summed E-state index contributed by atoms with van der Waals surface area (Å²) in [5, 5.41) is 3.46. The second-order valence-corrected chi connectivity index (χ2v) is 5.23. The van der Waals surface area contributed by atoms with Crippen LogP contribution in [0, 0.1) is 0 Å². The van der Waals surface area contributed by atoms with Crippen molar-refractivity contribution in [2.24, 2.45) is 0 Å². The van der Waals surface area contributed by atoms with Crippen LogP contribution in [0.1, 0.15) is 6.92 Å². The van der Waals surface area contributed by atoms with Crippen molar-refractivity contribution in [3.05, 3.63) is 29.3 Å². The van der Waals surface area contributed by atoms with Gasteiger partial charge in [0.15, 0.2) is 0 Å². The van der Waals surface area contributed by atoms with Crippen LogP contribution in [0.4, 0.5) is 5.69 Å². The minimum absolute atomic E-state index is 0.0634. The van der Waals surface area contributed by atoms with E-state index < -0.39 is 0 Å². The average molecular weight is 282 g/mol. The van der Waals surface area contributed by atoms with Crippen molar-refractivity contribution in [3.8, 4) is 0 Å². The number of amides is 1. The summed E-state index contributed by atoms with van der Waals surface area (Å²) in [5.41, 5.74) is 1.15. The first-order valence-electron chi connectivity index (χ1n) is 6.58. The fourth-order valence-corrected chi connectivity index (χ4v) is 2.60. The zero-order valence-corrected chi connectivity index (χ0v) is 12.2. The van der Waals surface area contributed by atoms with E-state index in [1.165, 1.54) is 0 Å². The molecule has 1 aromatic rings. The van der Waals surface area contributed by atoms with E-state index in [1.807, 2.05) is 25.1 Å². The molecule has 1 aliphatic rings. The molecule has 0 aliphatic carbocycles. The van der Waals surface area contributed by atoms with Crippen LogP contribution < -0.4 is 10.2 Å². The molecule has 0 spiro atoms. The number of nitrogens with zero attached hydrogens (tertiary/aromatic N) is 2. The van der Waals surface area contributed by atoms with Gasteiger partial charge in [0, 0.05) is 43.9 Å². The normalized spacial score (nSPS) is 18.2. The van der Waals surface area contributed by atoms with Gasteiger partial charge < -0.3 is 10.2 Å². The van der Waals surface area contributed by atoms with Gasteiger partial charge in [-0.05, 0) is 25.1 Å². The Labute approximate surface area is 119 Å². The maximum absolute atomic E-state index is 11.6. The lowest BCUT2D eigenvalue weighted by atomic mass is 10.2. The van der Waals surface area contributed by atoms with E-state index >= 15 is 0 Å². The maximum Gasteiger partial charge on any atom is 0.236 e. The van der Waals surface area contributed by atoms with Crippen LogP contribution in [0.25, 0.3) is 0 Å². The van der Waals surface area contributed by atoms with Gasteiger partial charge >= 0.3 is 0 Å². The number of rotatable bonds is 3. The molecular weight excluding hydrogens is 262 g/mol. The number of carbonyl (C=O) groups is 1. The number of piperazine rings is 1. The summed E-state index contributed by atoms with van der Waals surface area (Å²) >= 11 is 6.01. The number of likely N-dealkylation sites (N-methyl/N-ethyl adjacent to an activating group) is 1. The molecule has 5 heteroatoms. The lowest BCUT2D eigenvalue weighted by molar-refractivity contribution is -0.125. The molecule has 1 N–H and O–H groups in total. The number of hydrogen-bond donors (Lipinski definition) is 1. The van der Waals surface area contributed by atoms with Crippen LogP contribution >= 0.6 is 11.6 Å². The molecule has 19 heavy (non-hydrogen) atoms. The van der Waals surface area contributed by atoms with Crippen molar-refractivity contribution in [2.75, 3.05) is 38.1 Å². The average Bonchev–Trinajstić information content (AvgIpc) is 2.46. The Morgan fingerprint density at radius 3 is 2.58 bits per heavy atom. The minimum atomic E-state index is -0.0634. The third kappa shape index (κ3) is 3.39. The van der Waals surface area contributed by atoms with Crippen LogP contribution in [0.5, 0.6) is 0 Å². The molecule has 4 nitrogen and oxygen atoms in total. The number of benzene rings is 1. The van der Waals surface area contributed by atoms with E-state index in [0.717, 1.165) is 36.9 Å². The number of anilines is 1. The highest BCUT2D eigenvalue weighted by Crippen LogP contribution is 2.21. The summed E-state index contributed by atoms with van der Waals surface area (Å²) in [6.07, 6.45) is 0. The van der Waals surface area contributed by atoms with E-state index in [9.17, 15) is 4.79 Å². The Bertz CT molecular complexity index is 444. The Hall–Kier alpha value is -1.26. The standard InChI is InChI=1S/C14H20ClN3O/c1-11(14(19)16-2)17-6-8-18(9-7-17)13-5-3-4-12(15)10-13/h3-5,10-11H,6-9H2,1-2H3,(H,16,19)/t11-/m1/s1. The molecule has 1 heterocycles. The predicted octanol–water partition coefficient (Wildman–Crippen LogP) is 1.60. The molecule has 2 rings (SSSR count). The molecule has 1 amide bonds. The molecule has 1 aromatic carbocycles. The van der Waals surface area contributed by atoms with Gasteiger partial charge in [-0.2, -0.15) is 0 Å². The molecule has 1 atom stereocenters. The number of halogens is 1. The molecule has 0 saturated carbocycles. The van der Waals surface area contributed by atoms with Gasteiger partial charge in [-0.25, -0.2) is 0 Å². The SMILES string of the molecule is CNC(=O)[C@@H](C)N1CCN(c2cccc(Cl)c2)CC1. The lowest BCUT2D eigenvalue weighted by Crippen LogP contribution is -2.53. The fourth-order valence-electron chi connectivity index (χ4n) is 2.41. The first kappa shape index (κ1) is 14.2. The molecule has 1 aliphatic heterocycles. The highest BCUT2D eigenvalue weighted by Gasteiger charge is 2.24. The third-order valence-corrected chi connectivity index (χ3v) is 3.90. The zero-order valence-electron chi connectivity index (χ0n) is 11.4. The second-order valence-electron chi connectivity index (χ2n) is 4.79. The van der Waals surface area contributed by atoms with Crippen molar-refractivity contribution in [1.29, 1.82) is 0 Å². The van der Waals surface area contributed by atoms with Crippen LogP contribution in [-0.4, -0.2) is 50.1 Å². The molecule has 0 radical (unpaired) electrons. The van der Waals surface area contributed by atoms with E-state index in [4.69, 9.17) is 11.6 Å². The quantitative estimate of drug-likeness (QED) is 0.914. The summed E-state index contributed by atoms with van der Waals surface area (Å²) in [4.78, 5) is 16.1. The van der Waals surface area contributed by atoms with E-state index in [1.54, 1.807) is 7.05 Å². The number of carbonyl (C=O) groups excluding carboxylic acids is 1. The van der Waals surface area contributed by atoms with Gasteiger partial charge in [0.2, 0.25) is 5.91 Å². The van der Waals surface area contributed by atoms with Gasteiger partial charge in [-0.15, -0.1) is 0 Å². The van der Waals surface area contributed by atoms with Gasteiger partial charge in [-0.1, -0.05) is 17.7 Å². The largest absolute Gasteiger partial charge is 0.369 e. The zero-order chi connectivity index (χ0) is 13.8. The predicted molar refractivity (Wildman–Crippen MR) is 78.8 cm³/mol. The maximum atomic E-state index is 11.6. The van der Waals surface area contributed by atoms with Gasteiger partial charge in [0.05, 0.1) is 6.04 Å². The van der Waals surface area contributed by atoms with Gasteiger partial charge in [0.1, 0.15) is 0 Å². The van der Waals surface area contributed by atoms with Crippen molar-refractivity contribution < 1.29 is 4.79 Å². The second kappa shape index (κ2) is 6.26. The Morgan fingerprint density at radius 1 is 1.32 bits per heavy atom. The van der Waals surface area contributed by atoms with Crippen molar-refractivity contribution in [3.63, 3.8) is 0 Å². The van der Waals surface area contributed by atoms with Crippen molar-refractivity contribution in [1.82, 2.24) is 10.2 Å². The molecule has 1 saturated heterocycles. The summed E-state index contributed by atoms with van der Waals surface area (Å²) in [7, 11) is 1.68. The highest BCUT2D eigenvalue weighted by atomic mass is 35.5. The molecule has 0 aromatic heterocycles. The van der Waals surface area contributed by atoms with Crippen molar-refractivity contribution >= 4 is 23.2 Å². The topological polar surface area (TPSA) is 35.6 Å². The van der Waals surface area contributed by atoms with Gasteiger partial charge in [0.25, 0.3) is 0 Å². The van der Waals surface area contributed by atoms with E-state index in [-0.39, 0.29) is 11.9 Å². The smallest absolute Gasteiger partial charge is 0.236 e. The van der Waals surface area contributed by atoms with E-state index in [2.05, 4.69) is 21.2 Å². The van der Waals surface area contributed by atoms with Gasteiger partial charge in [-0.3, -0.25) is 9.69 Å². The van der Waals surface area contributed by atoms with Crippen LogP contribution in [-0.2, 0) is 4.79 Å². The highest BCUT2D eigenvalue weighted by molar-refractivity contribution is 6.30. The number of hydrogen-bond acceptors (Lipinski definition) is 3. The Balaban J connectivity index is 1.94. The monoisotopic (exact) mass is 281 g/mol. The lowest BCUT2D eigenvalue weighted by Gasteiger charge is -2.38. The first-order chi connectivity index (χ1) is 9.11. The molecular formula is C14H20ClN3O. The Kier molecular flexibility index (Phi) is 4.66. The summed E-state index contributed by atoms with van der Waals surface area (Å²) < 4.78 is 0. The Morgan fingerprint density at radius 2 is 2.00 bits per heavy atom. The first-order valence-corrected chi connectivity index (χ1v) is 6.96. The number of nitrogens with one attached hydrogen (secondary N) is 1. The summed E-state index contributed by atoms with van der Waals surface area (Å²) in [6, 6.07) is 7.85. The molecule has 0 unspecified atom stereocenters. The van der Waals surface area contributed by atoms with Crippen LogP contribution in [0.15, 0.2) is 24.3 Å². The van der Waals surface area contributed by atoms with Crippen LogP contribution in [0.3, 0.4) is 0 Å². The van der Waals surface area contributed by atoms with Crippen LogP contribution in [0.2, 0.25) is 5.02 Å².